The zero-order valence-corrected chi connectivity index (χ0v) is 14.3. The summed E-state index contributed by atoms with van der Waals surface area (Å²) in [6.07, 6.45) is 1.76. The number of rotatable bonds is 6. The van der Waals surface area contributed by atoms with Crippen LogP contribution < -0.4 is 9.47 Å². The number of esters is 1. The summed E-state index contributed by atoms with van der Waals surface area (Å²) >= 11 is 0. The Bertz CT molecular complexity index is 736. The highest BCUT2D eigenvalue weighted by Crippen LogP contribution is 2.29. The predicted molar refractivity (Wildman–Crippen MR) is 93.9 cm³/mol. The molecule has 0 aromatic heterocycles. The smallest absolute Gasteiger partial charge is 0.338 e. The van der Waals surface area contributed by atoms with Crippen LogP contribution in [0, 0.1) is 6.92 Å². The molecule has 0 aliphatic carbocycles. The summed E-state index contributed by atoms with van der Waals surface area (Å²) in [5.74, 6) is 1.01. The molecule has 0 radical (unpaired) electrons. The summed E-state index contributed by atoms with van der Waals surface area (Å²) in [5.41, 5.74) is 3.22. The van der Waals surface area contributed by atoms with E-state index in [0.29, 0.717) is 23.7 Å². The van der Waals surface area contributed by atoms with Crippen molar-refractivity contribution in [1.29, 1.82) is 0 Å². The SMILES string of the molecule is CCOC(=O)c1ccc(N=Cc2cc(OC)c(OC)cc2C)cc1. The van der Waals surface area contributed by atoms with Gasteiger partial charge in [0.2, 0.25) is 0 Å². The fourth-order valence-electron chi connectivity index (χ4n) is 2.18. The van der Waals surface area contributed by atoms with E-state index >= 15 is 0 Å². The minimum atomic E-state index is -0.330. The quantitative estimate of drug-likeness (QED) is 0.595. The molecule has 0 atom stereocenters. The monoisotopic (exact) mass is 327 g/mol. The second-order valence-corrected chi connectivity index (χ2v) is 5.09. The van der Waals surface area contributed by atoms with Gasteiger partial charge in [0.15, 0.2) is 11.5 Å². The van der Waals surface area contributed by atoms with Gasteiger partial charge < -0.3 is 14.2 Å². The molecule has 0 fully saturated rings. The van der Waals surface area contributed by atoms with Crippen LogP contribution in [0.15, 0.2) is 41.4 Å². The molecule has 0 aliphatic rings. The van der Waals surface area contributed by atoms with E-state index in [9.17, 15) is 4.79 Å². The van der Waals surface area contributed by atoms with Gasteiger partial charge in [-0.1, -0.05) is 0 Å². The Morgan fingerprint density at radius 3 is 2.29 bits per heavy atom. The molecule has 5 heteroatoms. The fourth-order valence-corrected chi connectivity index (χ4v) is 2.18. The van der Waals surface area contributed by atoms with E-state index in [2.05, 4.69) is 4.99 Å². The first-order valence-electron chi connectivity index (χ1n) is 7.63. The fraction of sp³-hybridized carbons (Fsp3) is 0.263. The Morgan fingerprint density at radius 1 is 1.08 bits per heavy atom. The van der Waals surface area contributed by atoms with Crippen LogP contribution >= 0.6 is 0 Å². The van der Waals surface area contributed by atoms with E-state index in [0.717, 1.165) is 16.8 Å². The maximum atomic E-state index is 11.6. The molecular weight excluding hydrogens is 306 g/mol. The first kappa shape index (κ1) is 17.5. The highest BCUT2D eigenvalue weighted by atomic mass is 16.5. The van der Waals surface area contributed by atoms with Crippen molar-refractivity contribution in [3.8, 4) is 11.5 Å². The largest absolute Gasteiger partial charge is 0.493 e. The average Bonchev–Trinajstić information content (AvgIpc) is 2.61. The van der Waals surface area contributed by atoms with E-state index in [-0.39, 0.29) is 5.97 Å². The molecule has 2 rings (SSSR count). The molecule has 0 saturated heterocycles. The Balaban J connectivity index is 2.20. The summed E-state index contributed by atoms with van der Waals surface area (Å²) < 4.78 is 15.5. The molecule has 0 aliphatic heterocycles. The maximum Gasteiger partial charge on any atom is 0.338 e. The van der Waals surface area contributed by atoms with Crippen molar-refractivity contribution in [2.24, 2.45) is 4.99 Å². The van der Waals surface area contributed by atoms with Gasteiger partial charge in [-0.25, -0.2) is 4.79 Å². The maximum absolute atomic E-state index is 11.6. The molecule has 0 saturated carbocycles. The first-order valence-corrected chi connectivity index (χ1v) is 7.63. The zero-order valence-electron chi connectivity index (χ0n) is 14.3. The minimum Gasteiger partial charge on any atom is -0.493 e. The summed E-state index contributed by atoms with van der Waals surface area (Å²) in [6.45, 7) is 4.12. The van der Waals surface area contributed by atoms with Crippen LogP contribution in [0.1, 0.15) is 28.4 Å². The standard InChI is InChI=1S/C19H21NO4/c1-5-24-19(21)14-6-8-16(9-7-14)20-12-15-11-18(23-4)17(22-3)10-13(15)2/h6-12H,5H2,1-4H3. The number of carbonyl (C=O) groups excluding carboxylic acids is 1. The summed E-state index contributed by atoms with van der Waals surface area (Å²) in [5, 5.41) is 0. The van der Waals surface area contributed by atoms with E-state index in [1.54, 1.807) is 51.6 Å². The van der Waals surface area contributed by atoms with Crippen LogP contribution in [-0.4, -0.2) is 33.0 Å². The summed E-state index contributed by atoms with van der Waals surface area (Å²) in [6, 6.07) is 10.7. The summed E-state index contributed by atoms with van der Waals surface area (Å²) in [7, 11) is 3.21. The van der Waals surface area contributed by atoms with Gasteiger partial charge >= 0.3 is 5.97 Å². The summed E-state index contributed by atoms with van der Waals surface area (Å²) in [4.78, 5) is 16.1. The molecule has 2 aromatic carbocycles. The third-order valence-corrected chi connectivity index (χ3v) is 3.50. The lowest BCUT2D eigenvalue weighted by Gasteiger charge is -2.10. The van der Waals surface area contributed by atoms with Crippen molar-refractivity contribution < 1.29 is 19.0 Å². The number of hydrogen-bond acceptors (Lipinski definition) is 5. The highest BCUT2D eigenvalue weighted by molar-refractivity contribution is 5.90. The van der Waals surface area contributed by atoms with Crippen LogP contribution in [0.3, 0.4) is 0 Å². The average molecular weight is 327 g/mol. The molecule has 0 bridgehead atoms. The molecular formula is C19H21NO4. The molecule has 0 heterocycles. The van der Waals surface area contributed by atoms with Crippen molar-refractivity contribution >= 4 is 17.9 Å². The number of aryl methyl sites for hydroxylation is 1. The Morgan fingerprint density at radius 2 is 1.71 bits per heavy atom. The Hall–Kier alpha value is -2.82. The van der Waals surface area contributed by atoms with Crippen molar-refractivity contribution in [3.63, 3.8) is 0 Å². The van der Waals surface area contributed by atoms with E-state index in [1.807, 2.05) is 19.1 Å². The number of ether oxygens (including phenoxy) is 3. The van der Waals surface area contributed by atoms with Crippen LogP contribution in [0.4, 0.5) is 5.69 Å². The van der Waals surface area contributed by atoms with E-state index in [1.165, 1.54) is 0 Å². The lowest BCUT2D eigenvalue weighted by molar-refractivity contribution is 0.0526. The molecule has 24 heavy (non-hydrogen) atoms. The third-order valence-electron chi connectivity index (χ3n) is 3.50. The van der Waals surface area contributed by atoms with Gasteiger partial charge in [0.25, 0.3) is 0 Å². The van der Waals surface area contributed by atoms with Crippen molar-refractivity contribution in [2.45, 2.75) is 13.8 Å². The minimum absolute atomic E-state index is 0.330. The van der Waals surface area contributed by atoms with Gasteiger partial charge in [0, 0.05) is 6.21 Å². The number of carbonyl (C=O) groups is 1. The Kier molecular flexibility index (Phi) is 5.95. The van der Waals surface area contributed by atoms with E-state index in [4.69, 9.17) is 14.2 Å². The van der Waals surface area contributed by atoms with Gasteiger partial charge in [-0.3, -0.25) is 4.99 Å². The second kappa shape index (κ2) is 8.15. The number of aliphatic imine (C=N–C) groups is 1. The normalized spacial score (nSPS) is 10.7. The molecule has 0 spiro atoms. The van der Waals surface area contributed by atoms with Crippen LogP contribution in [0.25, 0.3) is 0 Å². The van der Waals surface area contributed by atoms with Crippen molar-refractivity contribution in [3.05, 3.63) is 53.1 Å². The van der Waals surface area contributed by atoms with Crippen LogP contribution in [-0.2, 0) is 4.74 Å². The Labute approximate surface area is 141 Å². The lowest BCUT2D eigenvalue weighted by Crippen LogP contribution is -2.03. The molecule has 0 N–H and O–H groups in total. The number of methoxy groups -OCH3 is 2. The van der Waals surface area contributed by atoms with Crippen molar-refractivity contribution in [1.82, 2.24) is 0 Å². The van der Waals surface area contributed by atoms with Gasteiger partial charge in [-0.05, 0) is 61.4 Å². The molecule has 0 unspecified atom stereocenters. The first-order chi connectivity index (χ1) is 11.6. The molecule has 0 amide bonds. The van der Waals surface area contributed by atoms with Gasteiger partial charge in [-0.2, -0.15) is 0 Å². The van der Waals surface area contributed by atoms with Gasteiger partial charge in [-0.15, -0.1) is 0 Å². The zero-order chi connectivity index (χ0) is 17.5. The number of benzene rings is 2. The molecule has 2 aromatic rings. The second-order valence-electron chi connectivity index (χ2n) is 5.09. The third kappa shape index (κ3) is 4.13. The predicted octanol–water partition coefficient (Wildman–Crippen LogP) is 3.94. The topological polar surface area (TPSA) is 57.1 Å². The lowest BCUT2D eigenvalue weighted by atomic mass is 10.1. The number of nitrogens with zero attached hydrogens (tertiary/aromatic N) is 1. The highest BCUT2D eigenvalue weighted by Gasteiger charge is 2.08. The van der Waals surface area contributed by atoms with Gasteiger partial charge in [0.05, 0.1) is 32.1 Å². The van der Waals surface area contributed by atoms with E-state index < -0.39 is 0 Å². The van der Waals surface area contributed by atoms with Crippen LogP contribution in [0.5, 0.6) is 11.5 Å². The van der Waals surface area contributed by atoms with Gasteiger partial charge in [0.1, 0.15) is 0 Å². The van der Waals surface area contributed by atoms with Crippen LogP contribution in [0.2, 0.25) is 0 Å². The number of hydrogen-bond donors (Lipinski definition) is 0. The molecule has 5 nitrogen and oxygen atoms in total. The van der Waals surface area contributed by atoms with Crippen molar-refractivity contribution in [2.75, 3.05) is 20.8 Å². The molecule has 126 valence electrons.